The highest BCUT2D eigenvalue weighted by Crippen LogP contribution is 2.49. The highest BCUT2D eigenvalue weighted by Gasteiger charge is 2.56. The number of carbonyl (C=O) groups is 3. The molecule has 4 aliphatic rings. The van der Waals surface area contributed by atoms with Crippen LogP contribution in [0.25, 0.3) is 0 Å². The average molecular weight is 359 g/mol. The number of nitrogens with zero attached hydrogens (tertiary/aromatic N) is 1. The first kappa shape index (κ1) is 16.3. The van der Waals surface area contributed by atoms with Crippen molar-refractivity contribution in [3.05, 3.63) is 41.4 Å². The lowest BCUT2D eigenvalue weighted by Gasteiger charge is -2.38. The second-order valence-corrected chi connectivity index (χ2v) is 7.41. The van der Waals surface area contributed by atoms with E-state index >= 15 is 0 Å². The number of anilines is 1. The van der Waals surface area contributed by atoms with E-state index in [1.165, 1.54) is 4.90 Å². The molecule has 0 aromatic heterocycles. The Balaban J connectivity index is 1.38. The lowest BCUT2D eigenvalue weighted by atomic mass is 9.63. The molecule has 3 aliphatic carbocycles. The van der Waals surface area contributed by atoms with E-state index in [4.69, 9.17) is 11.6 Å². The number of likely N-dealkylation sites (tertiary alicyclic amines) is 1. The fourth-order valence-corrected chi connectivity index (χ4v) is 4.45. The van der Waals surface area contributed by atoms with Gasteiger partial charge in [0.15, 0.2) is 0 Å². The SMILES string of the molecule is O=C(CCN1C(=O)[C@@H]2[C@H](C1=O)[C@H]1C=C[C@H]2CC1)Nc1ccc(Cl)cc1. The minimum absolute atomic E-state index is 0.0995. The summed E-state index contributed by atoms with van der Waals surface area (Å²) in [5, 5.41) is 3.35. The van der Waals surface area contributed by atoms with E-state index in [-0.39, 0.29) is 54.4 Å². The van der Waals surface area contributed by atoms with Crippen LogP contribution in [-0.2, 0) is 14.4 Å². The van der Waals surface area contributed by atoms with Gasteiger partial charge in [0.2, 0.25) is 17.7 Å². The van der Waals surface area contributed by atoms with Crippen LogP contribution in [0.5, 0.6) is 0 Å². The zero-order valence-electron chi connectivity index (χ0n) is 13.7. The molecule has 4 atom stereocenters. The molecule has 1 saturated carbocycles. The summed E-state index contributed by atoms with van der Waals surface area (Å²) in [6.07, 6.45) is 6.25. The van der Waals surface area contributed by atoms with Gasteiger partial charge in [-0.1, -0.05) is 23.8 Å². The number of rotatable bonds is 4. The molecule has 1 aromatic rings. The van der Waals surface area contributed by atoms with Gasteiger partial charge >= 0.3 is 0 Å². The van der Waals surface area contributed by atoms with Gasteiger partial charge in [0, 0.05) is 23.7 Å². The minimum Gasteiger partial charge on any atom is -0.326 e. The van der Waals surface area contributed by atoms with Gasteiger partial charge in [-0.25, -0.2) is 0 Å². The van der Waals surface area contributed by atoms with Crippen molar-refractivity contribution in [3.63, 3.8) is 0 Å². The normalized spacial score (nSPS) is 29.9. The van der Waals surface area contributed by atoms with Gasteiger partial charge in [0.25, 0.3) is 0 Å². The van der Waals surface area contributed by atoms with Crippen molar-refractivity contribution < 1.29 is 14.4 Å². The Morgan fingerprint density at radius 3 is 2.12 bits per heavy atom. The quantitative estimate of drug-likeness (QED) is 0.664. The molecule has 1 heterocycles. The highest BCUT2D eigenvalue weighted by atomic mass is 35.5. The lowest BCUT2D eigenvalue weighted by molar-refractivity contribution is -0.140. The largest absolute Gasteiger partial charge is 0.326 e. The van der Waals surface area contributed by atoms with Crippen molar-refractivity contribution in [2.75, 3.05) is 11.9 Å². The summed E-state index contributed by atoms with van der Waals surface area (Å²) >= 11 is 5.82. The molecule has 0 spiro atoms. The Hall–Kier alpha value is -2.14. The van der Waals surface area contributed by atoms with Crippen LogP contribution in [0.15, 0.2) is 36.4 Å². The van der Waals surface area contributed by atoms with Crippen molar-refractivity contribution in [1.82, 2.24) is 4.90 Å². The maximum Gasteiger partial charge on any atom is 0.233 e. The molecule has 2 fully saturated rings. The molecule has 1 N–H and O–H groups in total. The lowest BCUT2D eigenvalue weighted by Crippen LogP contribution is -2.38. The first-order valence-corrected chi connectivity index (χ1v) is 9.01. The summed E-state index contributed by atoms with van der Waals surface area (Å²) in [6, 6.07) is 6.81. The molecule has 6 heteroatoms. The number of hydrogen-bond acceptors (Lipinski definition) is 3. The second-order valence-electron chi connectivity index (χ2n) is 6.97. The average Bonchev–Trinajstić information content (AvgIpc) is 2.89. The van der Waals surface area contributed by atoms with Crippen LogP contribution >= 0.6 is 11.6 Å². The van der Waals surface area contributed by atoms with Gasteiger partial charge in [0.05, 0.1) is 11.8 Å². The number of allylic oxidation sites excluding steroid dienone is 2. The van der Waals surface area contributed by atoms with Crippen molar-refractivity contribution in [3.8, 4) is 0 Å². The van der Waals surface area contributed by atoms with Gasteiger partial charge in [-0.2, -0.15) is 0 Å². The fourth-order valence-electron chi connectivity index (χ4n) is 4.33. The van der Waals surface area contributed by atoms with E-state index in [2.05, 4.69) is 17.5 Å². The predicted molar refractivity (Wildman–Crippen MR) is 93.8 cm³/mol. The van der Waals surface area contributed by atoms with Crippen LogP contribution in [0, 0.1) is 23.7 Å². The zero-order chi connectivity index (χ0) is 17.6. The number of nitrogens with one attached hydrogen (secondary N) is 1. The molecule has 25 heavy (non-hydrogen) atoms. The molecular formula is C19H19ClN2O3. The Bertz CT molecular complexity index is 726. The van der Waals surface area contributed by atoms with E-state index in [0.29, 0.717) is 10.7 Å². The van der Waals surface area contributed by atoms with Gasteiger partial charge in [0.1, 0.15) is 0 Å². The molecule has 2 bridgehead atoms. The maximum atomic E-state index is 12.7. The number of benzene rings is 1. The third-order valence-electron chi connectivity index (χ3n) is 5.54. The monoisotopic (exact) mass is 358 g/mol. The van der Waals surface area contributed by atoms with Crippen LogP contribution in [0.2, 0.25) is 5.02 Å². The molecule has 1 aromatic carbocycles. The molecular weight excluding hydrogens is 340 g/mol. The summed E-state index contributed by atoms with van der Waals surface area (Å²) < 4.78 is 0. The summed E-state index contributed by atoms with van der Waals surface area (Å²) in [5.74, 6) is -0.495. The Morgan fingerprint density at radius 1 is 1.04 bits per heavy atom. The molecule has 1 aliphatic heterocycles. The number of imide groups is 1. The first-order valence-electron chi connectivity index (χ1n) is 8.63. The number of amides is 3. The first-order chi connectivity index (χ1) is 12.0. The number of hydrogen-bond donors (Lipinski definition) is 1. The predicted octanol–water partition coefficient (Wildman–Crippen LogP) is 2.87. The molecule has 3 amide bonds. The topological polar surface area (TPSA) is 66.5 Å². The van der Waals surface area contributed by atoms with E-state index in [0.717, 1.165) is 12.8 Å². The second kappa shape index (κ2) is 6.30. The Kier molecular flexibility index (Phi) is 4.12. The van der Waals surface area contributed by atoms with Crippen molar-refractivity contribution >= 4 is 35.0 Å². The van der Waals surface area contributed by atoms with Crippen LogP contribution in [0.4, 0.5) is 5.69 Å². The number of halogens is 1. The van der Waals surface area contributed by atoms with Crippen LogP contribution in [0.1, 0.15) is 19.3 Å². The van der Waals surface area contributed by atoms with E-state index in [1.807, 2.05) is 0 Å². The van der Waals surface area contributed by atoms with Gasteiger partial charge < -0.3 is 5.32 Å². The Morgan fingerprint density at radius 2 is 1.60 bits per heavy atom. The maximum absolute atomic E-state index is 12.7. The van der Waals surface area contributed by atoms with Crippen LogP contribution < -0.4 is 5.32 Å². The van der Waals surface area contributed by atoms with Crippen molar-refractivity contribution in [2.45, 2.75) is 19.3 Å². The van der Waals surface area contributed by atoms with E-state index in [9.17, 15) is 14.4 Å². The van der Waals surface area contributed by atoms with Gasteiger partial charge in [-0.05, 0) is 48.9 Å². The smallest absolute Gasteiger partial charge is 0.233 e. The summed E-state index contributed by atoms with van der Waals surface area (Å²) in [5.41, 5.74) is 0.643. The molecule has 130 valence electrons. The number of fused-ring (bicyclic) bond motifs is 1. The zero-order valence-corrected chi connectivity index (χ0v) is 14.4. The molecule has 5 rings (SSSR count). The molecule has 0 unspecified atom stereocenters. The van der Waals surface area contributed by atoms with Crippen LogP contribution in [-0.4, -0.2) is 29.2 Å². The minimum atomic E-state index is -0.223. The van der Waals surface area contributed by atoms with Gasteiger partial charge in [-0.15, -0.1) is 0 Å². The standard InChI is InChI=1S/C19H19ClN2O3/c20-13-5-7-14(8-6-13)21-15(23)9-10-22-18(24)16-11-1-2-12(4-3-11)17(16)19(22)25/h1-2,5-8,11-12,16-17H,3-4,9-10H2,(H,21,23)/t11-,12-,16-,17+/m0/s1. The Labute approximate surface area is 151 Å². The van der Waals surface area contributed by atoms with E-state index in [1.54, 1.807) is 24.3 Å². The molecule has 0 radical (unpaired) electrons. The van der Waals surface area contributed by atoms with Crippen molar-refractivity contribution in [1.29, 1.82) is 0 Å². The van der Waals surface area contributed by atoms with Crippen LogP contribution in [0.3, 0.4) is 0 Å². The summed E-state index contributed by atoms with van der Waals surface area (Å²) in [7, 11) is 0. The van der Waals surface area contributed by atoms with E-state index < -0.39 is 0 Å². The highest BCUT2D eigenvalue weighted by molar-refractivity contribution is 6.30. The van der Waals surface area contributed by atoms with Crippen molar-refractivity contribution in [2.24, 2.45) is 23.7 Å². The third kappa shape index (κ3) is 2.86. The summed E-state index contributed by atoms with van der Waals surface area (Å²) in [4.78, 5) is 38.8. The fraction of sp³-hybridized carbons (Fsp3) is 0.421. The summed E-state index contributed by atoms with van der Waals surface area (Å²) in [6.45, 7) is 0.142. The third-order valence-corrected chi connectivity index (χ3v) is 5.79. The number of carbonyl (C=O) groups excluding carboxylic acids is 3. The molecule has 1 saturated heterocycles. The molecule has 5 nitrogen and oxygen atoms in total. The van der Waals surface area contributed by atoms with Gasteiger partial charge in [-0.3, -0.25) is 19.3 Å².